The Morgan fingerprint density at radius 3 is 2.35 bits per heavy atom. The molecule has 1 aliphatic heterocycles. The van der Waals surface area contributed by atoms with Gasteiger partial charge in [-0.3, -0.25) is 23.4 Å². The molecule has 3 saturated carbocycles. The lowest BCUT2D eigenvalue weighted by Crippen LogP contribution is -2.64. The molecular weight excluding hydrogens is 844 g/mol. The summed E-state index contributed by atoms with van der Waals surface area (Å²) in [6.45, 7) is 5.49. The Labute approximate surface area is 359 Å². The third kappa shape index (κ3) is 8.01. The zero-order valence-electron chi connectivity index (χ0n) is 35.1. The van der Waals surface area contributed by atoms with E-state index in [1.807, 2.05) is 69.3 Å². The molecule has 8 rings (SSSR count). The Kier molecular flexibility index (Phi) is 12.2. The molecular formula is C44H53NO15P2. The summed E-state index contributed by atoms with van der Waals surface area (Å²) in [4.78, 5) is 73.4. The number of allylic oxidation sites excluding steroid dienone is 4. The van der Waals surface area contributed by atoms with Gasteiger partial charge in [-0.1, -0.05) is 87.4 Å². The van der Waals surface area contributed by atoms with E-state index in [1.54, 1.807) is 12.2 Å². The lowest BCUT2D eigenvalue weighted by Gasteiger charge is -2.60. The number of amides is 1. The molecule has 11 unspecified atom stereocenters. The number of ether oxygens (including phenoxy) is 4. The average Bonchev–Trinajstić information content (AvgIpc) is 3.82. The van der Waals surface area contributed by atoms with Crippen molar-refractivity contribution in [3.8, 4) is 11.1 Å². The summed E-state index contributed by atoms with van der Waals surface area (Å²) in [5, 5.41) is 2.45. The highest BCUT2D eigenvalue weighted by Crippen LogP contribution is 2.72. The van der Waals surface area contributed by atoms with E-state index >= 15 is 0 Å². The lowest BCUT2D eigenvalue weighted by atomic mass is 9.46. The highest BCUT2D eigenvalue weighted by Gasteiger charge is 2.76. The minimum atomic E-state index is -5.45. The van der Waals surface area contributed by atoms with E-state index in [2.05, 4.69) is 5.32 Å². The molecule has 2 aromatic carbocycles. The summed E-state index contributed by atoms with van der Waals surface area (Å²) in [5.41, 5.74) is 1.42. The minimum Gasteiger partial charge on any atom is -0.458 e. The predicted molar refractivity (Wildman–Crippen MR) is 221 cm³/mol. The molecule has 2 aromatic rings. The van der Waals surface area contributed by atoms with Crippen molar-refractivity contribution in [3.63, 3.8) is 0 Å². The Morgan fingerprint density at radius 2 is 1.68 bits per heavy atom. The van der Waals surface area contributed by atoms with Crippen molar-refractivity contribution < 1.29 is 70.4 Å². The standard InChI is InChI=1S/C44H53NO15P2/c1-5-10-39-57-38-22-35-33-16-15-27-21-28(47)17-18-42(27,3)40(33)36(23-43(35,4)44(38,58-39)37(48)25-54-26(2)46)59-62(52,53)60-61(50,51)56-20-19-45-41(49)55-24-34-31-13-8-6-11-29(31)30-12-7-9-14-32(30)34/h6-9,11-14,17-18,21,33-36,38-40H,5,10,15-16,19-20,22-25H2,1-4H3,(H,45,49)(H,50,51)(H,52,53). The summed E-state index contributed by atoms with van der Waals surface area (Å²) >= 11 is 0. The van der Waals surface area contributed by atoms with E-state index in [1.165, 1.54) is 13.0 Å². The van der Waals surface area contributed by atoms with Crippen LogP contribution in [0.1, 0.15) is 83.3 Å². The van der Waals surface area contributed by atoms with Crippen LogP contribution < -0.4 is 5.32 Å². The molecule has 0 spiro atoms. The van der Waals surface area contributed by atoms with Crippen molar-refractivity contribution in [3.05, 3.63) is 83.5 Å². The number of ketones is 2. The first-order valence-corrected chi connectivity index (χ1v) is 24.1. The van der Waals surface area contributed by atoms with Crippen LogP contribution in [-0.4, -0.2) is 83.9 Å². The van der Waals surface area contributed by atoms with Crippen LogP contribution in [-0.2, 0) is 55.8 Å². The summed E-state index contributed by atoms with van der Waals surface area (Å²) in [5.74, 6) is -2.63. The Hall–Kier alpha value is -3.82. The van der Waals surface area contributed by atoms with Crippen molar-refractivity contribution in [1.29, 1.82) is 0 Å². The van der Waals surface area contributed by atoms with E-state index in [-0.39, 0.29) is 43.1 Å². The third-order valence-corrected chi connectivity index (χ3v) is 16.8. The fraction of sp³-hybridized carbons (Fsp3) is 0.545. The average molecular weight is 898 g/mol. The third-order valence-electron chi connectivity index (χ3n) is 14.1. The van der Waals surface area contributed by atoms with Crippen LogP contribution in [0.2, 0.25) is 0 Å². The largest absolute Gasteiger partial charge is 0.481 e. The molecule has 1 heterocycles. The van der Waals surface area contributed by atoms with Gasteiger partial charge in [0.05, 0.1) is 18.8 Å². The second-order valence-electron chi connectivity index (χ2n) is 17.5. The van der Waals surface area contributed by atoms with Crippen LogP contribution in [0.15, 0.2) is 72.3 Å². The number of phosphoric ester groups is 2. The fourth-order valence-electron chi connectivity index (χ4n) is 11.7. The molecule has 16 nitrogen and oxygen atoms in total. The molecule has 6 aliphatic rings. The number of carbonyl (C=O) groups excluding carboxylic acids is 4. The number of alkyl carbamates (subject to hydrolysis) is 1. The molecule has 4 fully saturated rings. The zero-order chi connectivity index (χ0) is 44.2. The predicted octanol–water partition coefficient (Wildman–Crippen LogP) is 7.08. The number of rotatable bonds is 15. The van der Waals surface area contributed by atoms with Gasteiger partial charge < -0.3 is 34.1 Å². The Morgan fingerprint density at radius 1 is 0.984 bits per heavy atom. The number of benzene rings is 2. The molecule has 5 aliphatic carbocycles. The van der Waals surface area contributed by atoms with Gasteiger partial charge in [-0.05, 0) is 78.3 Å². The molecule has 1 saturated heterocycles. The quantitative estimate of drug-likeness (QED) is 0.0924. The van der Waals surface area contributed by atoms with Crippen molar-refractivity contribution >= 4 is 39.3 Å². The maximum atomic E-state index is 14.4. The van der Waals surface area contributed by atoms with Crippen molar-refractivity contribution in [2.75, 3.05) is 26.4 Å². The van der Waals surface area contributed by atoms with E-state index in [4.69, 9.17) is 32.3 Å². The van der Waals surface area contributed by atoms with Crippen LogP contribution >= 0.6 is 15.6 Å². The van der Waals surface area contributed by atoms with E-state index < -0.39 is 87.6 Å². The van der Waals surface area contributed by atoms with Crippen LogP contribution in [0.3, 0.4) is 0 Å². The number of hydrogen-bond acceptors (Lipinski definition) is 13. The number of esters is 1. The van der Waals surface area contributed by atoms with Crippen LogP contribution in [0.5, 0.6) is 0 Å². The number of fused-ring (bicyclic) bond motifs is 10. The van der Waals surface area contributed by atoms with Crippen LogP contribution in [0, 0.1) is 28.6 Å². The number of Topliss-reactive ketones (excluding diaryl/α,β-unsaturated/α-hetero) is 1. The maximum Gasteiger partial charge on any atom is 0.481 e. The van der Waals surface area contributed by atoms with Crippen molar-refractivity contribution in [1.82, 2.24) is 5.32 Å². The maximum absolute atomic E-state index is 14.4. The van der Waals surface area contributed by atoms with Gasteiger partial charge in [0.1, 0.15) is 6.61 Å². The highest BCUT2D eigenvalue weighted by atomic mass is 31.3. The highest BCUT2D eigenvalue weighted by molar-refractivity contribution is 7.61. The first-order chi connectivity index (χ1) is 29.4. The second kappa shape index (κ2) is 17.0. The van der Waals surface area contributed by atoms with Crippen molar-refractivity contribution in [2.24, 2.45) is 28.6 Å². The fourth-order valence-corrected chi connectivity index (χ4v) is 13.9. The van der Waals surface area contributed by atoms with Gasteiger partial charge in [-0.2, -0.15) is 4.31 Å². The van der Waals surface area contributed by atoms with Crippen LogP contribution in [0.25, 0.3) is 11.1 Å². The molecule has 1 amide bonds. The zero-order valence-corrected chi connectivity index (χ0v) is 36.8. The molecule has 334 valence electrons. The molecule has 0 aromatic heterocycles. The molecule has 3 N–H and O–H groups in total. The molecule has 18 heteroatoms. The smallest absolute Gasteiger partial charge is 0.458 e. The lowest BCUT2D eigenvalue weighted by molar-refractivity contribution is -0.200. The minimum absolute atomic E-state index is 0.0409. The number of carbonyl (C=O) groups is 4. The normalized spacial score (nSPS) is 33.6. The van der Waals surface area contributed by atoms with E-state index in [0.29, 0.717) is 32.1 Å². The topological polar surface area (TPSA) is 220 Å². The van der Waals surface area contributed by atoms with Crippen molar-refractivity contribution in [2.45, 2.75) is 96.2 Å². The first kappa shape index (κ1) is 44.8. The summed E-state index contributed by atoms with van der Waals surface area (Å²) in [6.07, 6.45) is 3.92. The monoisotopic (exact) mass is 897 g/mol. The number of phosphoric acid groups is 2. The molecule has 11 atom stereocenters. The van der Waals surface area contributed by atoms with Gasteiger partial charge in [0.2, 0.25) is 5.78 Å². The van der Waals surface area contributed by atoms with Gasteiger partial charge in [0.15, 0.2) is 24.3 Å². The van der Waals surface area contributed by atoms with E-state index in [0.717, 1.165) is 27.8 Å². The second-order valence-corrected chi connectivity index (χ2v) is 20.5. The number of nitrogens with one attached hydrogen (secondary N) is 1. The summed E-state index contributed by atoms with van der Waals surface area (Å²) in [6, 6.07) is 15.7. The van der Waals surface area contributed by atoms with Gasteiger partial charge in [0.25, 0.3) is 0 Å². The van der Waals surface area contributed by atoms with Gasteiger partial charge >= 0.3 is 27.7 Å². The SMILES string of the molecule is CCCC1OC2CC3C4CCC5=CC(=O)C=CC5(C)C4C(OP(=O)(O)OP(=O)(O)OCCNC(=O)OCC4c5ccccc5-c5ccccc54)CC3(C)C2(C(=O)COC(C)=O)O1. The van der Waals surface area contributed by atoms with Crippen LogP contribution in [0.4, 0.5) is 4.79 Å². The van der Waals surface area contributed by atoms with E-state index in [9.17, 15) is 38.1 Å². The van der Waals surface area contributed by atoms with Gasteiger partial charge in [-0.25, -0.2) is 13.9 Å². The summed E-state index contributed by atoms with van der Waals surface area (Å²) < 4.78 is 66.7. The summed E-state index contributed by atoms with van der Waals surface area (Å²) in [7, 11) is -10.8. The Bertz CT molecular complexity index is 2250. The number of hydrogen-bond donors (Lipinski definition) is 3. The Balaban J connectivity index is 0.962. The molecule has 0 radical (unpaired) electrons. The molecule has 62 heavy (non-hydrogen) atoms. The first-order valence-electron chi connectivity index (χ1n) is 21.1. The van der Waals surface area contributed by atoms with Gasteiger partial charge in [0, 0.05) is 36.1 Å². The van der Waals surface area contributed by atoms with Gasteiger partial charge in [-0.15, -0.1) is 0 Å². The molecule has 0 bridgehead atoms.